The zero-order chi connectivity index (χ0) is 12.7. The molecule has 1 amide bonds. The average molecular weight is 256 g/mol. The highest BCUT2D eigenvalue weighted by atomic mass is 35.5. The SMILES string of the molecule is NC(=O)c1c(Cl)ccc2c1ccc1ccccc12. The first-order chi connectivity index (χ1) is 8.68. The molecule has 2 N–H and O–H groups in total. The van der Waals surface area contributed by atoms with Gasteiger partial charge in [0.25, 0.3) is 5.91 Å². The van der Waals surface area contributed by atoms with E-state index in [2.05, 4.69) is 0 Å². The summed E-state index contributed by atoms with van der Waals surface area (Å²) in [5.41, 5.74) is 5.79. The molecule has 0 aromatic heterocycles. The maximum absolute atomic E-state index is 11.5. The van der Waals surface area contributed by atoms with E-state index >= 15 is 0 Å². The summed E-state index contributed by atoms with van der Waals surface area (Å²) < 4.78 is 0. The fourth-order valence-electron chi connectivity index (χ4n) is 2.31. The Morgan fingerprint density at radius 3 is 2.39 bits per heavy atom. The van der Waals surface area contributed by atoms with E-state index in [4.69, 9.17) is 17.3 Å². The van der Waals surface area contributed by atoms with Crippen molar-refractivity contribution >= 4 is 39.1 Å². The van der Waals surface area contributed by atoms with Gasteiger partial charge in [0.2, 0.25) is 0 Å². The number of nitrogens with two attached hydrogens (primary N) is 1. The van der Waals surface area contributed by atoms with Crippen LogP contribution in [0.4, 0.5) is 0 Å². The van der Waals surface area contributed by atoms with E-state index < -0.39 is 5.91 Å². The summed E-state index contributed by atoms with van der Waals surface area (Å²) in [7, 11) is 0. The summed E-state index contributed by atoms with van der Waals surface area (Å²) in [6, 6.07) is 15.5. The van der Waals surface area contributed by atoms with Gasteiger partial charge in [0, 0.05) is 0 Å². The molecule has 0 bridgehead atoms. The lowest BCUT2D eigenvalue weighted by atomic mass is 9.98. The van der Waals surface area contributed by atoms with Crippen LogP contribution < -0.4 is 5.73 Å². The number of carbonyl (C=O) groups is 1. The van der Waals surface area contributed by atoms with Gasteiger partial charge < -0.3 is 5.73 Å². The lowest BCUT2D eigenvalue weighted by Crippen LogP contribution is -2.12. The second kappa shape index (κ2) is 4.00. The predicted molar refractivity (Wildman–Crippen MR) is 75.0 cm³/mol. The van der Waals surface area contributed by atoms with E-state index in [0.29, 0.717) is 10.6 Å². The maximum atomic E-state index is 11.5. The molecule has 88 valence electrons. The first-order valence-corrected chi connectivity index (χ1v) is 5.96. The van der Waals surface area contributed by atoms with Gasteiger partial charge in [-0.1, -0.05) is 54.1 Å². The Morgan fingerprint density at radius 2 is 1.61 bits per heavy atom. The van der Waals surface area contributed by atoms with Crippen molar-refractivity contribution in [1.82, 2.24) is 0 Å². The predicted octanol–water partition coefficient (Wildman–Crippen LogP) is 3.75. The lowest BCUT2D eigenvalue weighted by molar-refractivity contribution is 0.100. The van der Waals surface area contributed by atoms with Gasteiger partial charge in [-0.25, -0.2) is 0 Å². The van der Waals surface area contributed by atoms with Crippen LogP contribution in [0.25, 0.3) is 21.5 Å². The molecule has 0 atom stereocenters. The van der Waals surface area contributed by atoms with Gasteiger partial charge >= 0.3 is 0 Å². The van der Waals surface area contributed by atoms with E-state index in [-0.39, 0.29) is 0 Å². The van der Waals surface area contributed by atoms with Gasteiger partial charge in [-0.3, -0.25) is 4.79 Å². The molecule has 2 nitrogen and oxygen atoms in total. The molecule has 3 heteroatoms. The molecule has 0 saturated heterocycles. The van der Waals surface area contributed by atoms with Crippen molar-refractivity contribution in [1.29, 1.82) is 0 Å². The van der Waals surface area contributed by atoms with Crippen molar-refractivity contribution in [3.05, 3.63) is 59.1 Å². The van der Waals surface area contributed by atoms with Crippen molar-refractivity contribution in [3.8, 4) is 0 Å². The molecular formula is C15H10ClNO. The van der Waals surface area contributed by atoms with Crippen LogP contribution in [0.1, 0.15) is 10.4 Å². The van der Waals surface area contributed by atoms with Crippen molar-refractivity contribution in [2.24, 2.45) is 5.73 Å². The molecule has 0 radical (unpaired) electrons. The van der Waals surface area contributed by atoms with Gasteiger partial charge in [-0.15, -0.1) is 0 Å². The van der Waals surface area contributed by atoms with Crippen molar-refractivity contribution in [2.75, 3.05) is 0 Å². The molecule has 0 aliphatic carbocycles. The first-order valence-electron chi connectivity index (χ1n) is 5.58. The van der Waals surface area contributed by atoms with E-state index in [0.717, 1.165) is 21.5 Å². The van der Waals surface area contributed by atoms with E-state index in [1.165, 1.54) is 0 Å². The third-order valence-electron chi connectivity index (χ3n) is 3.12. The molecule has 0 saturated carbocycles. The summed E-state index contributed by atoms with van der Waals surface area (Å²) in [6.07, 6.45) is 0. The Morgan fingerprint density at radius 1 is 0.889 bits per heavy atom. The molecule has 18 heavy (non-hydrogen) atoms. The molecule has 0 spiro atoms. The zero-order valence-corrected chi connectivity index (χ0v) is 10.2. The molecule has 3 aromatic carbocycles. The second-order valence-corrected chi connectivity index (χ2v) is 4.58. The molecule has 0 aliphatic heterocycles. The summed E-state index contributed by atoms with van der Waals surface area (Å²) >= 11 is 6.05. The number of fused-ring (bicyclic) bond motifs is 3. The second-order valence-electron chi connectivity index (χ2n) is 4.17. The smallest absolute Gasteiger partial charge is 0.250 e. The number of hydrogen-bond donors (Lipinski definition) is 1. The topological polar surface area (TPSA) is 43.1 Å². The fourth-order valence-corrected chi connectivity index (χ4v) is 2.57. The van der Waals surface area contributed by atoms with E-state index in [1.54, 1.807) is 6.07 Å². The first kappa shape index (κ1) is 11.1. The van der Waals surface area contributed by atoms with Gasteiger partial charge in [0.1, 0.15) is 0 Å². The average Bonchev–Trinajstić information content (AvgIpc) is 2.37. The van der Waals surface area contributed by atoms with Crippen LogP contribution in [-0.2, 0) is 0 Å². The summed E-state index contributed by atoms with van der Waals surface area (Å²) in [6.45, 7) is 0. The van der Waals surface area contributed by atoms with Gasteiger partial charge in [-0.2, -0.15) is 0 Å². The number of rotatable bonds is 1. The molecule has 0 heterocycles. The minimum atomic E-state index is -0.499. The van der Waals surface area contributed by atoms with Crippen LogP contribution in [-0.4, -0.2) is 5.91 Å². The molecule has 0 aliphatic rings. The normalized spacial score (nSPS) is 10.9. The van der Waals surface area contributed by atoms with Crippen molar-refractivity contribution in [2.45, 2.75) is 0 Å². The quantitative estimate of drug-likeness (QED) is 0.661. The van der Waals surface area contributed by atoms with Crippen LogP contribution in [0.5, 0.6) is 0 Å². The maximum Gasteiger partial charge on any atom is 0.250 e. The van der Waals surface area contributed by atoms with Crippen LogP contribution in [0.3, 0.4) is 0 Å². The highest BCUT2D eigenvalue weighted by molar-refractivity contribution is 6.36. The van der Waals surface area contributed by atoms with Crippen LogP contribution in [0.2, 0.25) is 5.02 Å². The Bertz CT molecular complexity index is 780. The molecule has 3 aromatic rings. The summed E-state index contributed by atoms with van der Waals surface area (Å²) in [5, 5.41) is 4.40. The largest absolute Gasteiger partial charge is 0.366 e. The molecule has 3 rings (SSSR count). The monoisotopic (exact) mass is 255 g/mol. The highest BCUT2D eigenvalue weighted by Crippen LogP contribution is 2.31. The van der Waals surface area contributed by atoms with E-state index in [1.807, 2.05) is 42.5 Å². The molecular weight excluding hydrogens is 246 g/mol. The van der Waals surface area contributed by atoms with Gasteiger partial charge in [0.15, 0.2) is 0 Å². The van der Waals surface area contributed by atoms with Crippen LogP contribution in [0, 0.1) is 0 Å². The number of amides is 1. The Labute approximate surface area is 109 Å². The summed E-state index contributed by atoms with van der Waals surface area (Å²) in [4.78, 5) is 11.5. The number of halogens is 1. The van der Waals surface area contributed by atoms with E-state index in [9.17, 15) is 4.79 Å². The molecule has 0 fully saturated rings. The fraction of sp³-hybridized carbons (Fsp3) is 0. The molecule has 0 unspecified atom stereocenters. The van der Waals surface area contributed by atoms with Crippen molar-refractivity contribution in [3.63, 3.8) is 0 Å². The number of carbonyl (C=O) groups excluding carboxylic acids is 1. The van der Waals surface area contributed by atoms with Crippen LogP contribution >= 0.6 is 11.6 Å². The zero-order valence-electron chi connectivity index (χ0n) is 9.48. The summed E-state index contributed by atoms with van der Waals surface area (Å²) in [5.74, 6) is -0.499. The number of benzene rings is 3. The van der Waals surface area contributed by atoms with Gasteiger partial charge in [-0.05, 0) is 27.6 Å². The van der Waals surface area contributed by atoms with Crippen molar-refractivity contribution < 1.29 is 4.79 Å². The van der Waals surface area contributed by atoms with Crippen LogP contribution in [0.15, 0.2) is 48.5 Å². The number of hydrogen-bond acceptors (Lipinski definition) is 1. The number of primary amides is 1. The third kappa shape index (κ3) is 1.54. The standard InChI is InChI=1S/C15H10ClNO/c16-13-8-7-11-10-4-2-1-3-9(10)5-6-12(11)14(13)15(17)18/h1-8H,(H2,17,18). The minimum absolute atomic E-state index is 0.389. The Kier molecular flexibility index (Phi) is 2.46. The lowest BCUT2D eigenvalue weighted by Gasteiger charge is -2.08. The Hall–Kier alpha value is -2.06. The minimum Gasteiger partial charge on any atom is -0.366 e. The Balaban J connectivity index is 2.55. The van der Waals surface area contributed by atoms with Gasteiger partial charge in [0.05, 0.1) is 10.6 Å². The third-order valence-corrected chi connectivity index (χ3v) is 3.44. The highest BCUT2D eigenvalue weighted by Gasteiger charge is 2.12.